The van der Waals surface area contributed by atoms with Crippen molar-refractivity contribution in [3.05, 3.63) is 0 Å². The zero-order valence-electron chi connectivity index (χ0n) is 8.01. The molecule has 0 saturated heterocycles. The molecule has 0 radical (unpaired) electrons. The number of esters is 1. The molecule has 0 aromatic heterocycles. The summed E-state index contributed by atoms with van der Waals surface area (Å²) in [7, 11) is 1.40. The lowest BCUT2D eigenvalue weighted by atomic mass is 10.4. The topological polar surface area (TPSA) is 47.6 Å². The molecule has 0 aliphatic rings. The maximum atomic E-state index is 10.9. The van der Waals surface area contributed by atoms with Crippen LogP contribution in [-0.2, 0) is 14.3 Å². The highest BCUT2D eigenvalue weighted by Crippen LogP contribution is 2.00. The normalized spacial score (nSPS) is 12.5. The van der Waals surface area contributed by atoms with Gasteiger partial charge in [-0.1, -0.05) is 22.6 Å². The highest BCUT2D eigenvalue weighted by molar-refractivity contribution is 14.1. The van der Waals surface area contributed by atoms with E-state index in [2.05, 4.69) is 32.6 Å². The van der Waals surface area contributed by atoms with Gasteiger partial charge in [0.15, 0.2) is 0 Å². The first kappa shape index (κ1) is 13.1. The number of halogens is 1. The summed E-state index contributed by atoms with van der Waals surface area (Å²) in [4.78, 5) is 10.9. The van der Waals surface area contributed by atoms with Crippen molar-refractivity contribution in [3.8, 4) is 0 Å². The molecule has 0 rings (SSSR count). The molecule has 0 fully saturated rings. The molecule has 1 unspecified atom stereocenters. The lowest BCUT2D eigenvalue weighted by Gasteiger charge is -2.08. The van der Waals surface area contributed by atoms with E-state index in [-0.39, 0.29) is 9.89 Å². The Balaban J connectivity index is 3.26. The van der Waals surface area contributed by atoms with Crippen LogP contribution in [0.25, 0.3) is 0 Å². The van der Waals surface area contributed by atoms with E-state index in [0.717, 1.165) is 13.2 Å². The molecule has 1 atom stereocenters. The number of nitrogens with one attached hydrogen (secondary N) is 1. The standard InChI is InChI=1S/C8H16INO3/c1-3-13-5-4-10-6-7(9)8(11)12-2/h7,10H,3-6H2,1-2H3. The van der Waals surface area contributed by atoms with Gasteiger partial charge >= 0.3 is 5.97 Å². The first-order valence-corrected chi connectivity index (χ1v) is 5.47. The first-order chi connectivity index (χ1) is 6.22. The maximum Gasteiger partial charge on any atom is 0.319 e. The Hall–Kier alpha value is 0.120. The Kier molecular flexibility index (Phi) is 8.79. The minimum Gasteiger partial charge on any atom is -0.468 e. The molecule has 0 aliphatic carbocycles. The van der Waals surface area contributed by atoms with E-state index in [0.29, 0.717) is 13.2 Å². The van der Waals surface area contributed by atoms with Crippen LogP contribution in [0.5, 0.6) is 0 Å². The predicted octanol–water partition coefficient (Wildman–Crippen LogP) is 0.589. The van der Waals surface area contributed by atoms with Gasteiger partial charge < -0.3 is 14.8 Å². The molecular weight excluding hydrogens is 285 g/mol. The SMILES string of the molecule is CCOCCNCC(I)C(=O)OC. The minimum atomic E-state index is -0.190. The van der Waals surface area contributed by atoms with Crippen molar-refractivity contribution in [2.45, 2.75) is 10.8 Å². The van der Waals surface area contributed by atoms with Crippen molar-refractivity contribution < 1.29 is 14.3 Å². The molecule has 0 bridgehead atoms. The second kappa shape index (κ2) is 8.71. The van der Waals surface area contributed by atoms with Gasteiger partial charge in [0.05, 0.1) is 13.7 Å². The Morgan fingerprint density at radius 1 is 1.62 bits per heavy atom. The molecule has 0 amide bonds. The number of methoxy groups -OCH3 is 1. The van der Waals surface area contributed by atoms with Gasteiger partial charge in [-0.3, -0.25) is 4.79 Å². The lowest BCUT2D eigenvalue weighted by molar-refractivity contribution is -0.139. The maximum absolute atomic E-state index is 10.9. The summed E-state index contributed by atoms with van der Waals surface area (Å²) in [6.07, 6.45) is 0. The third-order valence-corrected chi connectivity index (χ3v) is 2.36. The number of carbonyl (C=O) groups excluding carboxylic acids is 1. The van der Waals surface area contributed by atoms with Crippen LogP contribution in [0.15, 0.2) is 0 Å². The molecule has 0 spiro atoms. The van der Waals surface area contributed by atoms with Crippen LogP contribution in [0.2, 0.25) is 0 Å². The van der Waals surface area contributed by atoms with Crippen LogP contribution in [0.1, 0.15) is 6.92 Å². The summed E-state index contributed by atoms with van der Waals surface area (Å²) in [5, 5.41) is 3.10. The van der Waals surface area contributed by atoms with Gasteiger partial charge in [-0.25, -0.2) is 0 Å². The van der Waals surface area contributed by atoms with Gasteiger partial charge in [-0.2, -0.15) is 0 Å². The van der Waals surface area contributed by atoms with Crippen LogP contribution in [0.3, 0.4) is 0 Å². The average Bonchev–Trinajstić information content (AvgIpc) is 2.16. The van der Waals surface area contributed by atoms with E-state index in [1.807, 2.05) is 6.92 Å². The second-order valence-electron chi connectivity index (χ2n) is 2.39. The quantitative estimate of drug-likeness (QED) is 0.324. The zero-order chi connectivity index (χ0) is 10.1. The van der Waals surface area contributed by atoms with Crippen molar-refractivity contribution in [2.24, 2.45) is 0 Å². The summed E-state index contributed by atoms with van der Waals surface area (Å²) in [6, 6.07) is 0. The third kappa shape index (κ3) is 7.21. The van der Waals surface area contributed by atoms with Crippen molar-refractivity contribution in [1.82, 2.24) is 5.32 Å². The summed E-state index contributed by atoms with van der Waals surface area (Å²) in [5.41, 5.74) is 0. The van der Waals surface area contributed by atoms with Crippen molar-refractivity contribution in [3.63, 3.8) is 0 Å². The third-order valence-electron chi connectivity index (χ3n) is 1.41. The fraction of sp³-hybridized carbons (Fsp3) is 0.875. The number of hydrogen-bond donors (Lipinski definition) is 1. The molecule has 1 N–H and O–H groups in total. The van der Waals surface area contributed by atoms with Crippen LogP contribution >= 0.6 is 22.6 Å². The Morgan fingerprint density at radius 3 is 2.85 bits per heavy atom. The molecule has 0 aromatic carbocycles. The highest BCUT2D eigenvalue weighted by atomic mass is 127. The summed E-state index contributed by atoms with van der Waals surface area (Å²) >= 11 is 2.05. The highest BCUT2D eigenvalue weighted by Gasteiger charge is 2.13. The van der Waals surface area contributed by atoms with Gasteiger partial charge in [-0.15, -0.1) is 0 Å². The van der Waals surface area contributed by atoms with Crippen LogP contribution < -0.4 is 5.32 Å². The molecule has 0 heterocycles. The summed E-state index contributed by atoms with van der Waals surface area (Å²) < 4.78 is 9.57. The smallest absolute Gasteiger partial charge is 0.319 e. The first-order valence-electron chi connectivity index (χ1n) is 4.22. The van der Waals surface area contributed by atoms with Crippen LogP contribution in [-0.4, -0.2) is 43.3 Å². The van der Waals surface area contributed by atoms with Gasteiger partial charge in [0.1, 0.15) is 3.92 Å². The van der Waals surface area contributed by atoms with E-state index in [1.165, 1.54) is 7.11 Å². The molecule has 13 heavy (non-hydrogen) atoms. The molecule has 5 heteroatoms. The van der Waals surface area contributed by atoms with E-state index in [4.69, 9.17) is 4.74 Å². The van der Waals surface area contributed by atoms with Crippen LogP contribution in [0, 0.1) is 0 Å². The second-order valence-corrected chi connectivity index (χ2v) is 3.90. The van der Waals surface area contributed by atoms with Crippen molar-refractivity contribution >= 4 is 28.6 Å². The van der Waals surface area contributed by atoms with Gasteiger partial charge in [0.25, 0.3) is 0 Å². The Morgan fingerprint density at radius 2 is 2.31 bits per heavy atom. The average molecular weight is 301 g/mol. The monoisotopic (exact) mass is 301 g/mol. The molecular formula is C8H16INO3. The minimum absolute atomic E-state index is 0.121. The van der Waals surface area contributed by atoms with Crippen molar-refractivity contribution in [2.75, 3.05) is 33.4 Å². The number of carbonyl (C=O) groups is 1. The summed E-state index contributed by atoms with van der Waals surface area (Å²) in [6.45, 7) is 4.76. The molecule has 0 saturated carbocycles. The fourth-order valence-corrected chi connectivity index (χ4v) is 1.29. The number of ether oxygens (including phenoxy) is 2. The van der Waals surface area contributed by atoms with E-state index < -0.39 is 0 Å². The zero-order valence-corrected chi connectivity index (χ0v) is 10.2. The Bertz CT molecular complexity index is 143. The van der Waals surface area contributed by atoms with Crippen LogP contribution in [0.4, 0.5) is 0 Å². The Labute approximate surface area is 92.5 Å². The van der Waals surface area contributed by atoms with Gasteiger partial charge in [-0.05, 0) is 6.92 Å². The molecule has 4 nitrogen and oxygen atoms in total. The lowest BCUT2D eigenvalue weighted by Crippen LogP contribution is -2.31. The molecule has 78 valence electrons. The number of alkyl halides is 1. The molecule has 0 aliphatic heterocycles. The number of hydrogen-bond acceptors (Lipinski definition) is 4. The van der Waals surface area contributed by atoms with E-state index >= 15 is 0 Å². The van der Waals surface area contributed by atoms with E-state index in [9.17, 15) is 4.79 Å². The summed E-state index contributed by atoms with van der Waals surface area (Å²) in [5.74, 6) is -0.190. The van der Waals surface area contributed by atoms with Crippen molar-refractivity contribution in [1.29, 1.82) is 0 Å². The largest absolute Gasteiger partial charge is 0.468 e. The van der Waals surface area contributed by atoms with Gasteiger partial charge in [0.2, 0.25) is 0 Å². The van der Waals surface area contributed by atoms with E-state index in [1.54, 1.807) is 0 Å². The fourth-order valence-electron chi connectivity index (χ4n) is 0.729. The molecule has 0 aromatic rings. The van der Waals surface area contributed by atoms with Gasteiger partial charge in [0, 0.05) is 19.7 Å². The number of rotatable bonds is 7. The predicted molar refractivity (Wildman–Crippen MR) is 59.2 cm³/mol.